The normalized spacial score (nSPS) is 12.2. The van der Waals surface area contributed by atoms with Crippen LogP contribution in [-0.2, 0) is 3.79 Å². The van der Waals surface area contributed by atoms with Crippen molar-refractivity contribution in [1.29, 1.82) is 0 Å². The van der Waals surface area contributed by atoms with Crippen molar-refractivity contribution >= 4 is 45.8 Å². The van der Waals surface area contributed by atoms with Gasteiger partial charge in [-0.3, -0.25) is 0 Å². The van der Waals surface area contributed by atoms with E-state index < -0.39 is 3.79 Å². The van der Waals surface area contributed by atoms with Gasteiger partial charge in [-0.2, -0.15) is 0 Å². The maximum atomic E-state index is 5.72. The minimum absolute atomic E-state index is 0.611. The van der Waals surface area contributed by atoms with Gasteiger partial charge < -0.3 is 4.42 Å². The topological polar surface area (TPSA) is 13.1 Å². The first-order valence-corrected chi connectivity index (χ1v) is 4.75. The predicted molar refractivity (Wildman–Crippen MR) is 55.5 cm³/mol. The fourth-order valence-corrected chi connectivity index (χ4v) is 1.48. The highest BCUT2D eigenvalue weighted by Gasteiger charge is 2.22. The van der Waals surface area contributed by atoms with Gasteiger partial charge in [0.25, 0.3) is 0 Å². The Balaban J connectivity index is 2.61. The third kappa shape index (κ3) is 1.78. The average molecular weight is 235 g/mol. The molecule has 1 nitrogen and oxygen atoms in total. The van der Waals surface area contributed by atoms with E-state index >= 15 is 0 Å². The number of halogens is 3. The van der Waals surface area contributed by atoms with Crippen molar-refractivity contribution in [3.05, 3.63) is 36.1 Å². The minimum Gasteiger partial charge on any atom is -0.464 e. The third-order valence-corrected chi connectivity index (χ3v) is 2.44. The van der Waals surface area contributed by atoms with Gasteiger partial charge in [-0.05, 0) is 12.1 Å². The summed E-state index contributed by atoms with van der Waals surface area (Å²) in [6.45, 7) is 0. The van der Waals surface area contributed by atoms with Crippen molar-refractivity contribution in [2.75, 3.05) is 0 Å². The molecule has 0 aliphatic heterocycles. The lowest BCUT2D eigenvalue weighted by Gasteiger charge is -2.09. The highest BCUT2D eigenvalue weighted by molar-refractivity contribution is 6.66. The first-order valence-electron chi connectivity index (χ1n) is 3.62. The molecule has 0 amide bonds. The van der Waals surface area contributed by atoms with Crippen LogP contribution < -0.4 is 0 Å². The summed E-state index contributed by atoms with van der Waals surface area (Å²) in [7, 11) is 0. The van der Waals surface area contributed by atoms with E-state index in [1.54, 1.807) is 18.4 Å². The lowest BCUT2D eigenvalue weighted by molar-refractivity contribution is 0.615. The zero-order chi connectivity index (χ0) is 9.47. The van der Waals surface area contributed by atoms with Gasteiger partial charge in [0, 0.05) is 10.9 Å². The number of furan rings is 1. The molecule has 0 atom stereocenters. The Morgan fingerprint density at radius 3 is 2.54 bits per heavy atom. The zero-order valence-electron chi connectivity index (χ0n) is 6.43. The molecule has 0 bridgehead atoms. The number of hydrogen-bond acceptors (Lipinski definition) is 1. The minimum atomic E-state index is -1.39. The van der Waals surface area contributed by atoms with Gasteiger partial charge in [0.2, 0.25) is 3.79 Å². The van der Waals surface area contributed by atoms with E-state index in [-0.39, 0.29) is 0 Å². The maximum absolute atomic E-state index is 5.72. The van der Waals surface area contributed by atoms with Crippen molar-refractivity contribution < 1.29 is 4.42 Å². The highest BCUT2D eigenvalue weighted by Crippen LogP contribution is 2.39. The summed E-state index contributed by atoms with van der Waals surface area (Å²) in [6.07, 6.45) is 1.60. The van der Waals surface area contributed by atoms with Crippen LogP contribution >= 0.6 is 34.8 Å². The van der Waals surface area contributed by atoms with Gasteiger partial charge >= 0.3 is 0 Å². The summed E-state index contributed by atoms with van der Waals surface area (Å²) in [6, 6.07) is 7.21. The number of alkyl halides is 3. The molecule has 1 heterocycles. The summed E-state index contributed by atoms with van der Waals surface area (Å²) >= 11 is 17.1. The first kappa shape index (κ1) is 9.20. The van der Waals surface area contributed by atoms with Gasteiger partial charge in [-0.15, -0.1) is 0 Å². The van der Waals surface area contributed by atoms with Crippen molar-refractivity contribution in [3.63, 3.8) is 0 Å². The molecule has 2 rings (SSSR count). The summed E-state index contributed by atoms with van der Waals surface area (Å²) < 4.78 is 3.79. The van der Waals surface area contributed by atoms with Crippen molar-refractivity contribution in [1.82, 2.24) is 0 Å². The highest BCUT2D eigenvalue weighted by atomic mass is 35.6. The van der Waals surface area contributed by atoms with Crippen LogP contribution in [0.3, 0.4) is 0 Å². The standard InChI is InChI=1S/C9H5Cl3O/c10-9(11,12)7-2-1-6-3-4-13-8(6)5-7/h1-5H. The molecule has 68 valence electrons. The Labute approximate surface area is 90.2 Å². The molecular weight excluding hydrogens is 230 g/mol. The second-order valence-corrected chi connectivity index (χ2v) is 4.95. The molecule has 0 N–H and O–H groups in total. The molecule has 13 heavy (non-hydrogen) atoms. The molecular formula is C9H5Cl3O. The molecule has 0 saturated carbocycles. The maximum Gasteiger partial charge on any atom is 0.216 e. The third-order valence-electron chi connectivity index (χ3n) is 1.78. The van der Waals surface area contributed by atoms with Gasteiger partial charge in [0.15, 0.2) is 0 Å². The fourth-order valence-electron chi connectivity index (χ4n) is 1.13. The van der Waals surface area contributed by atoms with Crippen LogP contribution in [0.2, 0.25) is 0 Å². The van der Waals surface area contributed by atoms with Crippen LogP contribution in [0.25, 0.3) is 11.0 Å². The average Bonchev–Trinajstić information content (AvgIpc) is 2.47. The molecule has 0 spiro atoms. The van der Waals surface area contributed by atoms with Crippen LogP contribution in [0.4, 0.5) is 0 Å². The van der Waals surface area contributed by atoms with E-state index in [2.05, 4.69) is 0 Å². The van der Waals surface area contributed by atoms with E-state index in [1.165, 1.54) is 0 Å². The molecule has 0 unspecified atom stereocenters. The Kier molecular flexibility index (Phi) is 2.18. The lowest BCUT2D eigenvalue weighted by atomic mass is 10.2. The van der Waals surface area contributed by atoms with E-state index in [0.717, 1.165) is 11.0 Å². The number of hydrogen-bond donors (Lipinski definition) is 0. The number of fused-ring (bicyclic) bond motifs is 1. The Morgan fingerprint density at radius 2 is 1.85 bits per heavy atom. The molecule has 0 fully saturated rings. The summed E-state index contributed by atoms with van der Waals surface area (Å²) in [5.74, 6) is 0. The zero-order valence-corrected chi connectivity index (χ0v) is 8.70. The van der Waals surface area contributed by atoms with Gasteiger partial charge in [0.05, 0.1) is 6.26 Å². The molecule has 0 radical (unpaired) electrons. The monoisotopic (exact) mass is 234 g/mol. The number of rotatable bonds is 0. The Bertz CT molecular complexity index is 428. The van der Waals surface area contributed by atoms with Crippen LogP contribution in [0, 0.1) is 0 Å². The van der Waals surface area contributed by atoms with Crippen LogP contribution in [-0.4, -0.2) is 0 Å². The van der Waals surface area contributed by atoms with Gasteiger partial charge in [0.1, 0.15) is 5.58 Å². The molecule has 1 aromatic carbocycles. The fraction of sp³-hybridized carbons (Fsp3) is 0.111. The smallest absolute Gasteiger partial charge is 0.216 e. The van der Waals surface area contributed by atoms with Gasteiger partial charge in [-0.1, -0.05) is 46.9 Å². The molecule has 0 aliphatic rings. The summed E-state index contributed by atoms with van der Waals surface area (Å²) in [5.41, 5.74) is 1.34. The van der Waals surface area contributed by atoms with E-state index in [9.17, 15) is 0 Å². The lowest BCUT2D eigenvalue weighted by Crippen LogP contribution is -1.98. The van der Waals surface area contributed by atoms with Crippen LogP contribution in [0.5, 0.6) is 0 Å². The SMILES string of the molecule is ClC(Cl)(Cl)c1ccc2ccoc2c1. The van der Waals surface area contributed by atoms with Crippen LogP contribution in [0.1, 0.15) is 5.56 Å². The molecule has 4 heteroatoms. The van der Waals surface area contributed by atoms with E-state index in [1.807, 2.05) is 12.1 Å². The number of benzene rings is 1. The second-order valence-electron chi connectivity index (χ2n) is 2.67. The van der Waals surface area contributed by atoms with Crippen molar-refractivity contribution in [2.24, 2.45) is 0 Å². The summed E-state index contributed by atoms with van der Waals surface area (Å²) in [5, 5.41) is 0.998. The molecule has 1 aromatic heterocycles. The second kappa shape index (κ2) is 3.09. The van der Waals surface area contributed by atoms with Crippen molar-refractivity contribution in [3.8, 4) is 0 Å². The largest absolute Gasteiger partial charge is 0.464 e. The van der Waals surface area contributed by atoms with Crippen LogP contribution in [0.15, 0.2) is 34.9 Å². The van der Waals surface area contributed by atoms with Crippen molar-refractivity contribution in [2.45, 2.75) is 3.79 Å². The molecule has 0 aliphatic carbocycles. The first-order chi connectivity index (χ1) is 6.07. The van der Waals surface area contributed by atoms with E-state index in [0.29, 0.717) is 5.56 Å². The quantitative estimate of drug-likeness (QED) is 0.622. The van der Waals surface area contributed by atoms with E-state index in [4.69, 9.17) is 39.2 Å². The predicted octanol–water partition coefficient (Wildman–Crippen LogP) is 4.26. The summed E-state index contributed by atoms with van der Waals surface area (Å²) in [4.78, 5) is 0. The Hall–Kier alpha value is -0.370. The van der Waals surface area contributed by atoms with Gasteiger partial charge in [-0.25, -0.2) is 0 Å². The molecule has 2 aromatic rings. The molecule has 0 saturated heterocycles. The Morgan fingerprint density at radius 1 is 1.08 bits per heavy atom.